The van der Waals surface area contributed by atoms with E-state index in [2.05, 4.69) is 20.2 Å². The van der Waals surface area contributed by atoms with Crippen LogP contribution >= 0.6 is 11.6 Å². The van der Waals surface area contributed by atoms with Crippen LogP contribution in [-0.2, 0) is 24.4 Å². The molecule has 3 aromatic rings. The van der Waals surface area contributed by atoms with Crippen molar-refractivity contribution in [3.05, 3.63) is 52.6 Å². The molecule has 0 bridgehead atoms. The lowest BCUT2D eigenvalue weighted by Crippen LogP contribution is -2.34. The zero-order valence-electron chi connectivity index (χ0n) is 19.7. The van der Waals surface area contributed by atoms with Crippen LogP contribution in [0.25, 0.3) is 11.5 Å². The van der Waals surface area contributed by atoms with Crippen LogP contribution in [0, 0.1) is 0 Å². The highest BCUT2D eigenvalue weighted by molar-refractivity contribution is 6.30. The molecule has 0 atom stereocenters. The summed E-state index contributed by atoms with van der Waals surface area (Å²) in [5, 5.41) is 8.29. The quantitative estimate of drug-likeness (QED) is 0.506. The van der Waals surface area contributed by atoms with Crippen molar-refractivity contribution in [3.63, 3.8) is 0 Å². The van der Waals surface area contributed by atoms with E-state index in [1.165, 1.54) is 4.90 Å². The monoisotopic (exact) mass is 483 g/mol. The second-order valence-corrected chi connectivity index (χ2v) is 9.35. The molecule has 11 heteroatoms. The van der Waals surface area contributed by atoms with E-state index in [4.69, 9.17) is 16.3 Å². The molecular weight excluding hydrogens is 458 g/mol. The summed E-state index contributed by atoms with van der Waals surface area (Å²) in [6.45, 7) is 8.49. The van der Waals surface area contributed by atoms with Gasteiger partial charge < -0.3 is 14.2 Å². The van der Waals surface area contributed by atoms with E-state index in [-0.39, 0.29) is 24.1 Å². The van der Waals surface area contributed by atoms with Crippen LogP contribution in [0.15, 0.2) is 30.6 Å². The average Bonchev–Trinajstić information content (AvgIpc) is 3.37. The van der Waals surface area contributed by atoms with E-state index < -0.39 is 11.7 Å². The molecule has 0 spiro atoms. The molecule has 0 N–H and O–H groups in total. The van der Waals surface area contributed by atoms with Gasteiger partial charge >= 0.3 is 6.09 Å². The van der Waals surface area contributed by atoms with Crippen molar-refractivity contribution < 1.29 is 14.3 Å². The zero-order valence-corrected chi connectivity index (χ0v) is 20.5. The van der Waals surface area contributed by atoms with E-state index in [1.54, 1.807) is 51.2 Å². The fraction of sp³-hybridized carbons (Fsp3) is 0.391. The Kier molecular flexibility index (Phi) is 6.26. The SMILES string of the molecule is CCn1cnnc1-c1cccc(N2Cc3c(cc(Cl)nc3CN(C)C(=O)OC(C)(C)C)C2=O)n1. The van der Waals surface area contributed by atoms with Gasteiger partial charge in [-0.25, -0.2) is 14.8 Å². The van der Waals surface area contributed by atoms with Gasteiger partial charge in [0.1, 0.15) is 28.6 Å². The van der Waals surface area contributed by atoms with Crippen molar-refractivity contribution in [1.82, 2.24) is 29.6 Å². The van der Waals surface area contributed by atoms with E-state index in [1.807, 2.05) is 23.6 Å². The first-order valence-corrected chi connectivity index (χ1v) is 11.2. The van der Waals surface area contributed by atoms with E-state index in [0.717, 1.165) is 0 Å². The summed E-state index contributed by atoms with van der Waals surface area (Å²) < 4.78 is 7.30. The Bertz CT molecular complexity index is 1250. The van der Waals surface area contributed by atoms with Crippen molar-refractivity contribution in [2.45, 2.75) is 52.9 Å². The van der Waals surface area contributed by atoms with Crippen molar-refractivity contribution >= 4 is 29.4 Å². The fourth-order valence-corrected chi connectivity index (χ4v) is 3.87. The molecule has 2 amide bonds. The lowest BCUT2D eigenvalue weighted by molar-refractivity contribution is 0.0282. The van der Waals surface area contributed by atoms with Crippen molar-refractivity contribution in [1.29, 1.82) is 0 Å². The lowest BCUT2D eigenvalue weighted by Gasteiger charge is -2.25. The number of carbonyl (C=O) groups excluding carboxylic acids is 2. The minimum atomic E-state index is -0.624. The van der Waals surface area contributed by atoms with Gasteiger partial charge in [0.15, 0.2) is 5.82 Å². The number of ether oxygens (including phenoxy) is 1. The van der Waals surface area contributed by atoms with E-state index in [9.17, 15) is 9.59 Å². The molecule has 0 saturated carbocycles. The molecule has 0 aliphatic carbocycles. The van der Waals surface area contributed by atoms with Crippen molar-refractivity contribution in [2.24, 2.45) is 0 Å². The molecule has 1 aliphatic rings. The summed E-state index contributed by atoms with van der Waals surface area (Å²) in [5.41, 5.74) is 1.67. The maximum Gasteiger partial charge on any atom is 0.410 e. The highest BCUT2D eigenvalue weighted by Crippen LogP contribution is 2.32. The van der Waals surface area contributed by atoms with Crippen LogP contribution in [-0.4, -0.2) is 54.3 Å². The third-order valence-corrected chi connectivity index (χ3v) is 5.45. The summed E-state index contributed by atoms with van der Waals surface area (Å²) in [6.07, 6.45) is 1.15. The molecule has 0 aromatic carbocycles. The first-order valence-electron chi connectivity index (χ1n) is 10.9. The van der Waals surface area contributed by atoms with Gasteiger partial charge in [0.25, 0.3) is 5.91 Å². The van der Waals surface area contributed by atoms with Crippen LogP contribution in [0.4, 0.5) is 10.6 Å². The van der Waals surface area contributed by atoms with Crippen molar-refractivity contribution in [2.75, 3.05) is 11.9 Å². The van der Waals surface area contributed by atoms with Crippen LogP contribution in [0.5, 0.6) is 0 Å². The number of hydrogen-bond acceptors (Lipinski definition) is 7. The van der Waals surface area contributed by atoms with Gasteiger partial charge in [-0.2, -0.15) is 0 Å². The Labute approximate surface area is 202 Å². The third kappa shape index (κ3) is 4.72. The van der Waals surface area contributed by atoms with Crippen LogP contribution < -0.4 is 4.90 Å². The standard InChI is InChI=1S/C23H26ClN7O3/c1-6-30-13-25-28-20(30)16-8-7-9-19(27-16)31-11-15-14(21(31)32)10-18(24)26-17(15)12-29(5)22(33)34-23(2,3)4/h7-10,13H,6,11-12H2,1-5H3. The number of carbonyl (C=O) groups is 2. The Morgan fingerprint density at radius 3 is 2.74 bits per heavy atom. The number of halogens is 1. The highest BCUT2D eigenvalue weighted by Gasteiger charge is 2.33. The summed E-state index contributed by atoms with van der Waals surface area (Å²) >= 11 is 6.23. The van der Waals surface area contributed by atoms with E-state index >= 15 is 0 Å². The van der Waals surface area contributed by atoms with Crippen LogP contribution in [0.3, 0.4) is 0 Å². The second kappa shape index (κ2) is 9.02. The first kappa shape index (κ1) is 23.6. The zero-order chi connectivity index (χ0) is 24.6. The molecule has 1 aliphatic heterocycles. The van der Waals surface area contributed by atoms with Gasteiger partial charge in [0, 0.05) is 24.7 Å². The minimum Gasteiger partial charge on any atom is -0.444 e. The molecule has 4 rings (SSSR count). The number of amides is 2. The number of nitrogens with zero attached hydrogens (tertiary/aromatic N) is 7. The molecule has 4 heterocycles. The summed E-state index contributed by atoms with van der Waals surface area (Å²) in [6, 6.07) is 6.97. The number of rotatable bonds is 5. The predicted octanol–water partition coefficient (Wildman–Crippen LogP) is 3.94. The number of fused-ring (bicyclic) bond motifs is 1. The van der Waals surface area contributed by atoms with Crippen LogP contribution in [0.2, 0.25) is 5.15 Å². The molecular formula is C23H26ClN7O3. The normalized spacial score (nSPS) is 13.2. The average molecular weight is 484 g/mol. The summed E-state index contributed by atoms with van der Waals surface area (Å²) in [5.74, 6) is 0.867. The molecule has 178 valence electrons. The molecule has 34 heavy (non-hydrogen) atoms. The lowest BCUT2D eigenvalue weighted by atomic mass is 10.1. The number of aryl methyl sites for hydroxylation is 1. The maximum absolute atomic E-state index is 13.3. The Morgan fingerprint density at radius 1 is 1.26 bits per heavy atom. The Hall–Kier alpha value is -3.53. The first-order chi connectivity index (χ1) is 16.1. The minimum absolute atomic E-state index is 0.145. The van der Waals surface area contributed by atoms with Gasteiger partial charge in [-0.1, -0.05) is 17.7 Å². The predicted molar refractivity (Wildman–Crippen MR) is 126 cm³/mol. The van der Waals surface area contributed by atoms with Crippen LogP contribution in [0.1, 0.15) is 49.3 Å². The van der Waals surface area contributed by atoms with Gasteiger partial charge in [-0.05, 0) is 45.9 Å². The highest BCUT2D eigenvalue weighted by atomic mass is 35.5. The topological polar surface area (TPSA) is 106 Å². The van der Waals surface area contributed by atoms with Gasteiger partial charge in [-0.3, -0.25) is 9.69 Å². The number of aromatic nitrogens is 5. The molecule has 3 aromatic heterocycles. The molecule has 10 nitrogen and oxygen atoms in total. The number of anilines is 1. The van der Waals surface area contributed by atoms with Gasteiger partial charge in [0.2, 0.25) is 0 Å². The maximum atomic E-state index is 13.3. The third-order valence-electron chi connectivity index (χ3n) is 5.26. The summed E-state index contributed by atoms with van der Waals surface area (Å²) in [7, 11) is 1.62. The summed E-state index contributed by atoms with van der Waals surface area (Å²) in [4.78, 5) is 37.8. The Morgan fingerprint density at radius 2 is 2.03 bits per heavy atom. The molecule has 0 fully saturated rings. The number of pyridine rings is 2. The largest absolute Gasteiger partial charge is 0.444 e. The molecule has 0 saturated heterocycles. The van der Waals surface area contributed by atoms with E-state index in [0.29, 0.717) is 40.7 Å². The fourth-order valence-electron chi connectivity index (χ4n) is 3.66. The van der Waals surface area contributed by atoms with Gasteiger partial charge in [-0.15, -0.1) is 10.2 Å². The number of hydrogen-bond donors (Lipinski definition) is 0. The van der Waals surface area contributed by atoms with Crippen molar-refractivity contribution in [3.8, 4) is 11.5 Å². The Balaban J connectivity index is 1.62. The smallest absolute Gasteiger partial charge is 0.410 e. The van der Waals surface area contributed by atoms with Gasteiger partial charge in [0.05, 0.1) is 18.8 Å². The molecule has 0 unspecified atom stereocenters. The second-order valence-electron chi connectivity index (χ2n) is 8.97. The molecule has 0 radical (unpaired) electrons.